The van der Waals surface area contributed by atoms with Gasteiger partial charge in [0.25, 0.3) is 5.69 Å². The molecule has 3 rings (SSSR count). The summed E-state index contributed by atoms with van der Waals surface area (Å²) in [7, 11) is 0. The van der Waals surface area contributed by atoms with E-state index >= 15 is 0 Å². The number of nitro benzene ring substituents is 1. The van der Waals surface area contributed by atoms with Crippen LogP contribution in [0.3, 0.4) is 0 Å². The Kier molecular flexibility index (Phi) is 5.76. The van der Waals surface area contributed by atoms with Crippen LogP contribution in [0.15, 0.2) is 36.4 Å². The number of nitrogens with one attached hydrogen (secondary N) is 1. The van der Waals surface area contributed by atoms with Crippen LogP contribution in [0.4, 0.5) is 24.5 Å². The summed E-state index contributed by atoms with van der Waals surface area (Å²) in [4.78, 5) is 22.6. The molecule has 0 bridgehead atoms. The lowest BCUT2D eigenvalue weighted by Crippen LogP contribution is -2.13. The molecule has 1 aliphatic rings. The molecule has 1 aliphatic heterocycles. The number of carbonyl (C=O) groups excluding carboxylic acids is 1. The first-order chi connectivity index (χ1) is 13.6. The van der Waals surface area contributed by atoms with Crippen LogP contribution in [0.25, 0.3) is 6.08 Å². The van der Waals surface area contributed by atoms with Gasteiger partial charge in [-0.2, -0.15) is 13.2 Å². The Balaban J connectivity index is 1.83. The van der Waals surface area contributed by atoms with Crippen molar-refractivity contribution >= 4 is 35.0 Å². The Hall–Kier alpha value is -3.11. The minimum atomic E-state index is -4.67. The molecule has 152 valence electrons. The van der Waals surface area contributed by atoms with Crippen molar-refractivity contribution in [3.05, 3.63) is 68.2 Å². The summed E-state index contributed by atoms with van der Waals surface area (Å²) in [5.41, 5.74) is -0.701. The summed E-state index contributed by atoms with van der Waals surface area (Å²) < 4.78 is 49.2. The summed E-state index contributed by atoms with van der Waals surface area (Å²) in [6.45, 7) is 0.0535. The van der Waals surface area contributed by atoms with Gasteiger partial charge in [0.2, 0.25) is 5.91 Å². The van der Waals surface area contributed by atoms with Gasteiger partial charge >= 0.3 is 6.18 Å². The number of alkyl halides is 3. The van der Waals surface area contributed by atoms with Crippen molar-refractivity contribution in [2.45, 2.75) is 12.8 Å². The van der Waals surface area contributed by atoms with E-state index in [1.54, 1.807) is 0 Å². The first-order valence-electron chi connectivity index (χ1n) is 8.03. The highest BCUT2D eigenvalue weighted by atomic mass is 35.5. The number of amides is 1. The number of hydrogen-bond acceptors (Lipinski definition) is 5. The molecule has 29 heavy (non-hydrogen) atoms. The van der Waals surface area contributed by atoms with E-state index in [4.69, 9.17) is 21.1 Å². The number of carbonyl (C=O) groups is 1. The fourth-order valence-corrected chi connectivity index (χ4v) is 2.86. The molecule has 7 nitrogen and oxygen atoms in total. The summed E-state index contributed by atoms with van der Waals surface area (Å²) >= 11 is 5.54. The van der Waals surface area contributed by atoms with Crippen molar-refractivity contribution in [2.24, 2.45) is 0 Å². The maximum absolute atomic E-state index is 12.9. The molecular weight excluding hydrogens is 417 g/mol. The monoisotopic (exact) mass is 428 g/mol. The number of halogens is 4. The van der Waals surface area contributed by atoms with Crippen molar-refractivity contribution in [1.82, 2.24) is 0 Å². The molecular formula is C18H12ClF3N2O5. The number of ether oxygens (including phenoxy) is 2. The van der Waals surface area contributed by atoms with Gasteiger partial charge in [0.15, 0.2) is 6.79 Å². The third-order valence-electron chi connectivity index (χ3n) is 3.89. The molecule has 11 heteroatoms. The molecule has 0 spiro atoms. The molecule has 0 saturated carbocycles. The Bertz CT molecular complexity index is 1010. The van der Waals surface area contributed by atoms with E-state index in [0.29, 0.717) is 17.4 Å². The predicted molar refractivity (Wildman–Crippen MR) is 97.5 cm³/mol. The molecule has 0 radical (unpaired) electrons. The number of benzene rings is 2. The molecule has 0 saturated heterocycles. The van der Waals surface area contributed by atoms with E-state index in [0.717, 1.165) is 12.1 Å². The molecule has 2 aromatic rings. The highest BCUT2D eigenvalue weighted by Gasteiger charge is 2.33. The van der Waals surface area contributed by atoms with Crippen LogP contribution >= 0.6 is 11.6 Å². The van der Waals surface area contributed by atoms with Gasteiger partial charge in [0.05, 0.1) is 22.1 Å². The van der Waals surface area contributed by atoms with Gasteiger partial charge in [-0.25, -0.2) is 0 Å². The third kappa shape index (κ3) is 4.84. The van der Waals surface area contributed by atoms with Gasteiger partial charge < -0.3 is 14.8 Å². The Morgan fingerprint density at radius 1 is 1.28 bits per heavy atom. The largest absolute Gasteiger partial charge is 0.467 e. The third-order valence-corrected chi connectivity index (χ3v) is 4.22. The molecule has 1 N–H and O–H groups in total. The topological polar surface area (TPSA) is 90.7 Å². The zero-order chi connectivity index (χ0) is 21.2. The molecule has 0 aromatic heterocycles. The number of rotatable bonds is 4. The lowest BCUT2D eigenvalue weighted by Gasteiger charge is -2.19. The number of nitrogens with zero attached hydrogens (tertiary/aromatic N) is 1. The lowest BCUT2D eigenvalue weighted by molar-refractivity contribution is -0.385. The fraction of sp³-hybridized carbons (Fsp3) is 0.167. The summed E-state index contributed by atoms with van der Waals surface area (Å²) in [6.07, 6.45) is -2.37. The summed E-state index contributed by atoms with van der Waals surface area (Å²) in [5.74, 6) is -0.412. The smallest absolute Gasteiger partial charge is 0.417 e. The zero-order valence-electron chi connectivity index (χ0n) is 14.5. The van der Waals surface area contributed by atoms with Gasteiger partial charge in [0, 0.05) is 35.0 Å². The number of nitro groups is 1. The van der Waals surface area contributed by atoms with Crippen LogP contribution in [-0.2, 0) is 22.3 Å². The Labute approximate surface area is 166 Å². The first kappa shape index (κ1) is 20.6. The standard InChI is InChI=1S/C18H12ClF3N2O5/c19-15-3-2-12(7-14(15)18(20,21)22)23-16(25)4-1-10-5-13(24(26)27)6-11-8-28-9-29-17(10)11/h1-7H,8-9H2,(H,23,25). The zero-order valence-corrected chi connectivity index (χ0v) is 15.2. The van der Waals surface area contributed by atoms with Crippen LogP contribution in [0.2, 0.25) is 5.02 Å². The highest BCUT2D eigenvalue weighted by molar-refractivity contribution is 6.31. The lowest BCUT2D eigenvalue weighted by atomic mass is 10.1. The van der Waals surface area contributed by atoms with Crippen LogP contribution in [0.1, 0.15) is 16.7 Å². The van der Waals surface area contributed by atoms with E-state index in [9.17, 15) is 28.1 Å². The number of fused-ring (bicyclic) bond motifs is 1. The first-order valence-corrected chi connectivity index (χ1v) is 8.40. The van der Waals surface area contributed by atoms with Crippen molar-refractivity contribution in [2.75, 3.05) is 12.1 Å². The van der Waals surface area contributed by atoms with E-state index in [1.807, 2.05) is 0 Å². The fourth-order valence-electron chi connectivity index (χ4n) is 2.63. The van der Waals surface area contributed by atoms with Crippen molar-refractivity contribution in [3.8, 4) is 5.75 Å². The Morgan fingerprint density at radius 3 is 2.72 bits per heavy atom. The number of hydrogen-bond donors (Lipinski definition) is 1. The number of non-ortho nitro benzene ring substituents is 1. The second-order valence-electron chi connectivity index (χ2n) is 5.91. The van der Waals surface area contributed by atoms with Gasteiger partial charge in [0.1, 0.15) is 5.75 Å². The van der Waals surface area contributed by atoms with E-state index in [1.165, 1.54) is 24.3 Å². The van der Waals surface area contributed by atoms with Crippen molar-refractivity contribution < 1.29 is 32.4 Å². The minimum absolute atomic E-state index is 0.0527. The second-order valence-corrected chi connectivity index (χ2v) is 6.31. The highest BCUT2D eigenvalue weighted by Crippen LogP contribution is 2.36. The van der Waals surface area contributed by atoms with Crippen molar-refractivity contribution in [3.63, 3.8) is 0 Å². The average Bonchev–Trinajstić information content (AvgIpc) is 2.66. The number of anilines is 1. The molecule has 0 fully saturated rings. The van der Waals surface area contributed by atoms with Crippen molar-refractivity contribution in [1.29, 1.82) is 0 Å². The SMILES string of the molecule is O=C(C=Cc1cc([N+](=O)[O-])cc2c1OCOC2)Nc1ccc(Cl)c(C(F)(F)F)c1. The molecule has 1 heterocycles. The quantitative estimate of drug-likeness (QED) is 0.429. The minimum Gasteiger partial charge on any atom is -0.467 e. The van der Waals surface area contributed by atoms with Crippen LogP contribution in [0, 0.1) is 10.1 Å². The van der Waals surface area contributed by atoms with E-state index < -0.39 is 27.6 Å². The maximum Gasteiger partial charge on any atom is 0.417 e. The second kappa shape index (κ2) is 8.10. The van der Waals surface area contributed by atoms with Crippen LogP contribution < -0.4 is 10.1 Å². The predicted octanol–water partition coefficient (Wildman–Crippen LogP) is 4.79. The summed E-state index contributed by atoms with van der Waals surface area (Å²) in [5, 5.41) is 12.9. The molecule has 2 aromatic carbocycles. The van der Waals surface area contributed by atoms with Crippen LogP contribution in [0.5, 0.6) is 5.75 Å². The summed E-state index contributed by atoms with van der Waals surface area (Å²) in [6, 6.07) is 5.48. The molecule has 0 atom stereocenters. The van der Waals surface area contributed by atoms with E-state index in [2.05, 4.69) is 5.32 Å². The molecule has 1 amide bonds. The van der Waals surface area contributed by atoms with Gasteiger partial charge in [-0.05, 0) is 24.3 Å². The van der Waals surface area contributed by atoms with Gasteiger partial charge in [-0.1, -0.05) is 11.6 Å². The maximum atomic E-state index is 12.9. The average molecular weight is 429 g/mol. The van der Waals surface area contributed by atoms with Gasteiger partial charge in [-0.3, -0.25) is 14.9 Å². The molecule has 0 unspecified atom stereocenters. The Morgan fingerprint density at radius 2 is 2.03 bits per heavy atom. The van der Waals surface area contributed by atoms with Gasteiger partial charge in [-0.15, -0.1) is 0 Å². The normalized spacial score (nSPS) is 13.7. The molecule has 0 aliphatic carbocycles. The van der Waals surface area contributed by atoms with E-state index in [-0.39, 0.29) is 30.3 Å². The van der Waals surface area contributed by atoms with Crippen LogP contribution in [-0.4, -0.2) is 17.6 Å².